The lowest BCUT2D eigenvalue weighted by molar-refractivity contribution is -0.145. The lowest BCUT2D eigenvalue weighted by Gasteiger charge is -2.11. The molecule has 2 rings (SSSR count). The molecule has 1 N–H and O–H groups in total. The number of carbonyl (C=O) groups is 2. The van der Waals surface area contributed by atoms with Gasteiger partial charge in [0.05, 0.1) is 5.92 Å². The van der Waals surface area contributed by atoms with E-state index in [0.717, 1.165) is 56.9 Å². The van der Waals surface area contributed by atoms with Crippen LogP contribution in [0.2, 0.25) is 0 Å². The highest BCUT2D eigenvalue weighted by Crippen LogP contribution is 2.17. The molecule has 0 saturated carbocycles. The van der Waals surface area contributed by atoms with Crippen LogP contribution in [0.25, 0.3) is 0 Å². The van der Waals surface area contributed by atoms with Gasteiger partial charge in [-0.1, -0.05) is 164 Å². The predicted molar refractivity (Wildman–Crippen MR) is 177 cm³/mol. The highest BCUT2D eigenvalue weighted by Gasteiger charge is 2.15. The summed E-state index contributed by atoms with van der Waals surface area (Å²) in [4.78, 5) is 22.7. The van der Waals surface area contributed by atoms with Crippen molar-refractivity contribution < 1.29 is 19.4 Å². The molecule has 0 heterocycles. The third-order valence-electron chi connectivity index (χ3n) is 7.84. The largest absolute Gasteiger partial charge is 0.481 e. The van der Waals surface area contributed by atoms with Crippen molar-refractivity contribution in [3.63, 3.8) is 0 Å². The maximum atomic E-state index is 11.7. The molecule has 1 unspecified atom stereocenters. The molecule has 0 fully saturated rings. The smallest absolute Gasteiger partial charge is 0.306 e. The topological polar surface area (TPSA) is 63.6 Å². The third-order valence-corrected chi connectivity index (χ3v) is 7.84. The Labute approximate surface area is 257 Å². The van der Waals surface area contributed by atoms with Crippen LogP contribution in [0.4, 0.5) is 0 Å². The summed E-state index contributed by atoms with van der Waals surface area (Å²) in [6.07, 6.45) is 23.4. The minimum Gasteiger partial charge on any atom is -0.481 e. The molecule has 0 saturated heterocycles. The second kappa shape index (κ2) is 27.2. The van der Waals surface area contributed by atoms with Gasteiger partial charge < -0.3 is 9.84 Å². The lowest BCUT2D eigenvalue weighted by atomic mass is 9.95. The van der Waals surface area contributed by atoms with Crippen molar-refractivity contribution >= 4 is 11.9 Å². The Hall–Kier alpha value is -2.62. The van der Waals surface area contributed by atoms with Crippen LogP contribution >= 0.6 is 0 Å². The van der Waals surface area contributed by atoms with E-state index in [1.807, 2.05) is 48.5 Å². The van der Waals surface area contributed by atoms with Gasteiger partial charge in [0.25, 0.3) is 0 Å². The van der Waals surface area contributed by atoms with E-state index in [9.17, 15) is 9.59 Å². The summed E-state index contributed by atoms with van der Waals surface area (Å²) in [7, 11) is 0. The molecule has 0 amide bonds. The molecule has 4 heteroatoms. The lowest BCUT2D eigenvalue weighted by Crippen LogP contribution is -2.13. The molecular weight excluding hydrogens is 520 g/mol. The molecule has 0 spiro atoms. The first-order chi connectivity index (χ1) is 20.6. The Bertz CT molecular complexity index is 880. The summed E-state index contributed by atoms with van der Waals surface area (Å²) < 4.78 is 5.30. The molecule has 0 aromatic heterocycles. The monoisotopic (exact) mass is 580 g/mol. The number of rotatable bonds is 24. The number of carbonyl (C=O) groups excluding carboxylic acids is 1. The van der Waals surface area contributed by atoms with Gasteiger partial charge in [-0.05, 0) is 43.2 Å². The maximum absolute atomic E-state index is 11.7. The summed E-state index contributed by atoms with van der Waals surface area (Å²) in [5.41, 5.74) is 2.35. The first-order valence-corrected chi connectivity index (χ1v) is 17.0. The van der Waals surface area contributed by atoms with Crippen LogP contribution in [-0.2, 0) is 27.4 Å². The fraction of sp³-hybridized carbons (Fsp3) is 0.632. The minimum atomic E-state index is -0.633. The number of esters is 1. The number of carboxylic acids is 1. The van der Waals surface area contributed by atoms with Gasteiger partial charge in [-0.15, -0.1) is 0 Å². The van der Waals surface area contributed by atoms with Crippen molar-refractivity contribution in [2.45, 2.75) is 149 Å². The number of hydrogen-bond acceptors (Lipinski definition) is 3. The molecule has 4 nitrogen and oxygen atoms in total. The first kappa shape index (κ1) is 37.4. The molecule has 0 aliphatic rings. The first-order valence-electron chi connectivity index (χ1n) is 17.0. The molecule has 236 valence electrons. The van der Waals surface area contributed by atoms with Crippen molar-refractivity contribution in [3.8, 4) is 0 Å². The van der Waals surface area contributed by atoms with Crippen LogP contribution in [0.1, 0.15) is 147 Å². The van der Waals surface area contributed by atoms with Crippen LogP contribution < -0.4 is 0 Å². The standard InChI is InChI=1S/C23H38O2.C15H22O2/c1-2-3-4-5-6-7-8-9-10-11-12-13-17-20-23(24)25-21-22-18-15-14-16-19-22;1-2-3-11-14(15(16)17)12-7-10-13-8-5-4-6-9-13/h14-16,18-19H,2-13,17,20-21H2,1H3;4-6,8-9,14H,2-3,7,10-12H2,1H3,(H,16,17). The quantitative estimate of drug-likeness (QED) is 0.0990. The number of carboxylic acid groups (broad SMARTS) is 1. The number of benzene rings is 2. The summed E-state index contributed by atoms with van der Waals surface area (Å²) in [5, 5.41) is 9.10. The number of aliphatic carboxylic acids is 1. The second-order valence-electron chi connectivity index (χ2n) is 11.7. The molecule has 2 aromatic carbocycles. The van der Waals surface area contributed by atoms with Gasteiger partial charge in [-0.3, -0.25) is 9.59 Å². The predicted octanol–water partition coefficient (Wildman–Crippen LogP) is 11.1. The average molecular weight is 581 g/mol. The van der Waals surface area contributed by atoms with E-state index in [0.29, 0.717) is 13.0 Å². The molecule has 0 bridgehead atoms. The fourth-order valence-electron chi connectivity index (χ4n) is 5.14. The van der Waals surface area contributed by atoms with Crippen LogP contribution in [0, 0.1) is 5.92 Å². The minimum absolute atomic E-state index is 0.0630. The van der Waals surface area contributed by atoms with Gasteiger partial charge in [0.2, 0.25) is 0 Å². The van der Waals surface area contributed by atoms with Gasteiger partial charge in [-0.25, -0.2) is 0 Å². The summed E-state index contributed by atoms with van der Waals surface area (Å²) in [6.45, 7) is 4.77. The van der Waals surface area contributed by atoms with Crippen molar-refractivity contribution in [3.05, 3.63) is 71.8 Å². The zero-order valence-electron chi connectivity index (χ0n) is 26.9. The normalized spacial score (nSPS) is 11.4. The highest BCUT2D eigenvalue weighted by atomic mass is 16.5. The van der Waals surface area contributed by atoms with Crippen molar-refractivity contribution in [1.29, 1.82) is 0 Å². The SMILES string of the molecule is CCCCC(CCCc1ccccc1)C(=O)O.CCCCCCCCCCCCCCCC(=O)OCc1ccccc1. The summed E-state index contributed by atoms with van der Waals surface area (Å²) in [6, 6.07) is 20.1. The van der Waals surface area contributed by atoms with Crippen LogP contribution in [0.5, 0.6) is 0 Å². The third kappa shape index (κ3) is 22.0. The van der Waals surface area contributed by atoms with Crippen LogP contribution in [-0.4, -0.2) is 17.0 Å². The Morgan fingerprint density at radius 2 is 1.05 bits per heavy atom. The highest BCUT2D eigenvalue weighted by molar-refractivity contribution is 5.70. The molecule has 0 aliphatic heterocycles. The van der Waals surface area contributed by atoms with E-state index in [4.69, 9.17) is 9.84 Å². The Kier molecular flexibility index (Phi) is 24.2. The van der Waals surface area contributed by atoms with Crippen molar-refractivity contribution in [2.24, 2.45) is 5.92 Å². The van der Waals surface area contributed by atoms with E-state index in [1.54, 1.807) is 0 Å². The molecule has 0 radical (unpaired) electrons. The maximum Gasteiger partial charge on any atom is 0.306 e. The van der Waals surface area contributed by atoms with Crippen molar-refractivity contribution in [1.82, 2.24) is 0 Å². The molecule has 2 aromatic rings. The second-order valence-corrected chi connectivity index (χ2v) is 11.7. The van der Waals surface area contributed by atoms with Gasteiger partial charge in [0, 0.05) is 6.42 Å². The Morgan fingerprint density at radius 3 is 1.55 bits per heavy atom. The number of ether oxygens (including phenoxy) is 1. The van der Waals surface area contributed by atoms with Crippen LogP contribution in [0.15, 0.2) is 60.7 Å². The van der Waals surface area contributed by atoms with Crippen molar-refractivity contribution in [2.75, 3.05) is 0 Å². The van der Waals surface area contributed by atoms with Gasteiger partial charge >= 0.3 is 11.9 Å². The number of aryl methyl sites for hydroxylation is 1. The van der Waals surface area contributed by atoms with Crippen LogP contribution in [0.3, 0.4) is 0 Å². The molecular formula is C38H60O4. The average Bonchev–Trinajstić information content (AvgIpc) is 3.01. The van der Waals surface area contributed by atoms with Gasteiger partial charge in [0.15, 0.2) is 0 Å². The zero-order valence-corrected chi connectivity index (χ0v) is 26.9. The van der Waals surface area contributed by atoms with E-state index in [-0.39, 0.29) is 11.9 Å². The Balaban J connectivity index is 0.000000452. The molecule has 1 atom stereocenters. The zero-order chi connectivity index (χ0) is 30.5. The summed E-state index contributed by atoms with van der Waals surface area (Å²) in [5.74, 6) is -0.850. The summed E-state index contributed by atoms with van der Waals surface area (Å²) >= 11 is 0. The molecule has 42 heavy (non-hydrogen) atoms. The van der Waals surface area contributed by atoms with Gasteiger partial charge in [-0.2, -0.15) is 0 Å². The van der Waals surface area contributed by atoms with E-state index in [2.05, 4.69) is 26.0 Å². The van der Waals surface area contributed by atoms with E-state index in [1.165, 1.54) is 76.2 Å². The van der Waals surface area contributed by atoms with E-state index >= 15 is 0 Å². The number of hydrogen-bond donors (Lipinski definition) is 1. The fourth-order valence-corrected chi connectivity index (χ4v) is 5.14. The molecule has 0 aliphatic carbocycles. The number of unbranched alkanes of at least 4 members (excludes halogenated alkanes) is 13. The van der Waals surface area contributed by atoms with E-state index < -0.39 is 5.97 Å². The Morgan fingerprint density at radius 1 is 0.595 bits per heavy atom. The van der Waals surface area contributed by atoms with Gasteiger partial charge in [0.1, 0.15) is 6.61 Å².